The van der Waals surface area contributed by atoms with Crippen molar-refractivity contribution >= 4 is 11.9 Å². The molecule has 0 radical (unpaired) electrons. The second-order valence-electron chi connectivity index (χ2n) is 4.69. The van der Waals surface area contributed by atoms with Gasteiger partial charge in [0.05, 0.1) is 11.1 Å². The van der Waals surface area contributed by atoms with Crippen LogP contribution in [0.2, 0.25) is 0 Å². The normalized spacial score (nSPS) is 10.0. The summed E-state index contributed by atoms with van der Waals surface area (Å²) >= 11 is 0. The molecule has 24 heavy (non-hydrogen) atoms. The van der Waals surface area contributed by atoms with Crippen molar-refractivity contribution in [2.45, 2.75) is 0 Å². The fraction of sp³-hybridized carbons (Fsp3) is 0. The van der Waals surface area contributed by atoms with Gasteiger partial charge < -0.3 is 9.47 Å². The molecule has 2 aromatic heterocycles. The Kier molecular flexibility index (Phi) is 4.57. The van der Waals surface area contributed by atoms with Crippen molar-refractivity contribution in [3.8, 4) is 11.8 Å². The van der Waals surface area contributed by atoms with Gasteiger partial charge in [-0.3, -0.25) is 0 Å². The van der Waals surface area contributed by atoms with Crippen LogP contribution >= 0.6 is 0 Å². The van der Waals surface area contributed by atoms with E-state index in [0.717, 1.165) is 0 Å². The van der Waals surface area contributed by atoms with Gasteiger partial charge in [0.1, 0.15) is 0 Å². The van der Waals surface area contributed by atoms with Gasteiger partial charge in [0, 0.05) is 24.5 Å². The molecule has 0 bridgehead atoms. The molecule has 0 atom stereocenters. The Hall–Kier alpha value is -3.54. The second-order valence-corrected chi connectivity index (χ2v) is 4.69. The van der Waals surface area contributed by atoms with E-state index in [-0.39, 0.29) is 11.8 Å². The zero-order valence-electron chi connectivity index (χ0n) is 12.5. The average molecular weight is 320 g/mol. The largest absolute Gasteiger partial charge is 0.404 e. The number of ether oxygens (including phenoxy) is 2. The van der Waals surface area contributed by atoms with Crippen LogP contribution in [0.3, 0.4) is 0 Å². The van der Waals surface area contributed by atoms with Crippen LogP contribution in [0.15, 0.2) is 73.1 Å². The molecule has 0 fully saturated rings. The van der Waals surface area contributed by atoms with E-state index in [0.29, 0.717) is 11.1 Å². The lowest BCUT2D eigenvalue weighted by molar-refractivity contribution is 0.0713. The van der Waals surface area contributed by atoms with E-state index >= 15 is 0 Å². The first-order chi connectivity index (χ1) is 11.7. The van der Waals surface area contributed by atoms with Gasteiger partial charge >= 0.3 is 11.9 Å². The fourth-order valence-corrected chi connectivity index (χ4v) is 1.87. The molecule has 0 amide bonds. The van der Waals surface area contributed by atoms with Gasteiger partial charge in [0.15, 0.2) is 0 Å². The van der Waals surface area contributed by atoms with E-state index in [1.165, 1.54) is 36.7 Å². The first kappa shape index (κ1) is 15.4. The van der Waals surface area contributed by atoms with E-state index in [2.05, 4.69) is 9.97 Å². The monoisotopic (exact) mass is 320 g/mol. The number of rotatable bonds is 4. The van der Waals surface area contributed by atoms with Crippen LogP contribution in [0.4, 0.5) is 0 Å². The highest BCUT2D eigenvalue weighted by atomic mass is 16.5. The minimum Gasteiger partial charge on any atom is -0.404 e. The van der Waals surface area contributed by atoms with E-state index < -0.39 is 11.9 Å². The summed E-state index contributed by atoms with van der Waals surface area (Å²) in [5.74, 6) is -0.695. The third-order valence-electron chi connectivity index (χ3n) is 3.03. The smallest absolute Gasteiger partial charge is 0.344 e. The molecule has 118 valence electrons. The first-order valence-electron chi connectivity index (χ1n) is 7.09. The summed E-state index contributed by atoms with van der Waals surface area (Å²) in [6.45, 7) is 0. The summed E-state index contributed by atoms with van der Waals surface area (Å²) in [4.78, 5) is 31.8. The zero-order valence-corrected chi connectivity index (χ0v) is 12.5. The van der Waals surface area contributed by atoms with Crippen molar-refractivity contribution in [3.63, 3.8) is 0 Å². The number of carbonyl (C=O) groups excluding carboxylic acids is 2. The van der Waals surface area contributed by atoms with Gasteiger partial charge in [0.25, 0.3) is 0 Å². The maximum absolute atomic E-state index is 12.0. The molecule has 0 aliphatic rings. The van der Waals surface area contributed by atoms with Crippen molar-refractivity contribution in [3.05, 3.63) is 84.2 Å². The number of hydrogen-bond acceptors (Lipinski definition) is 6. The Bertz CT molecular complexity index is 761. The minimum absolute atomic E-state index is 0.209. The van der Waals surface area contributed by atoms with Crippen LogP contribution < -0.4 is 9.47 Å². The van der Waals surface area contributed by atoms with Crippen molar-refractivity contribution in [2.24, 2.45) is 0 Å². The van der Waals surface area contributed by atoms with Crippen molar-refractivity contribution < 1.29 is 19.1 Å². The lowest BCUT2D eigenvalue weighted by Crippen LogP contribution is -2.12. The quantitative estimate of drug-likeness (QED) is 0.688. The molecular weight excluding hydrogens is 308 g/mol. The van der Waals surface area contributed by atoms with E-state index in [1.807, 2.05) is 0 Å². The Balaban J connectivity index is 1.66. The second kappa shape index (κ2) is 7.15. The number of hydrogen-bond donors (Lipinski definition) is 0. The third kappa shape index (κ3) is 3.80. The molecule has 2 heterocycles. The van der Waals surface area contributed by atoms with Gasteiger partial charge in [-0.1, -0.05) is 12.1 Å². The molecule has 6 nitrogen and oxygen atoms in total. The number of pyridine rings is 2. The average Bonchev–Trinajstić information content (AvgIpc) is 2.63. The molecule has 3 rings (SSSR count). The molecule has 0 saturated heterocycles. The van der Waals surface area contributed by atoms with E-state index in [9.17, 15) is 9.59 Å². The third-order valence-corrected chi connectivity index (χ3v) is 3.03. The van der Waals surface area contributed by atoms with Crippen LogP contribution in [-0.4, -0.2) is 21.9 Å². The molecule has 0 saturated carbocycles. The Labute approximate surface area is 137 Å². The van der Waals surface area contributed by atoms with Crippen LogP contribution in [0, 0.1) is 0 Å². The van der Waals surface area contributed by atoms with Gasteiger partial charge in [-0.2, -0.15) is 0 Å². The number of esters is 2. The Morgan fingerprint density at radius 2 is 1.04 bits per heavy atom. The summed E-state index contributed by atoms with van der Waals surface area (Å²) in [5.41, 5.74) is 0.602. The molecule has 0 aliphatic carbocycles. The predicted molar refractivity (Wildman–Crippen MR) is 84.8 cm³/mol. The highest BCUT2D eigenvalue weighted by Crippen LogP contribution is 2.12. The summed E-state index contributed by atoms with van der Waals surface area (Å²) in [7, 11) is 0. The SMILES string of the molecule is O=C(Oc1ccccn1)c1ccc(C(=O)Oc2ccccn2)cc1. The number of carbonyl (C=O) groups is 2. The molecule has 3 aromatic rings. The van der Waals surface area contributed by atoms with Gasteiger partial charge in [-0.25, -0.2) is 19.6 Å². The molecule has 1 aromatic carbocycles. The summed E-state index contributed by atoms with van der Waals surface area (Å²) in [6, 6.07) is 16.0. The minimum atomic E-state index is -0.557. The summed E-state index contributed by atoms with van der Waals surface area (Å²) in [5, 5.41) is 0. The highest BCUT2D eigenvalue weighted by Gasteiger charge is 2.13. The predicted octanol–water partition coefficient (Wildman–Crippen LogP) is 2.92. The molecule has 0 unspecified atom stereocenters. The fourth-order valence-electron chi connectivity index (χ4n) is 1.87. The van der Waals surface area contributed by atoms with Gasteiger partial charge in [-0.05, 0) is 36.4 Å². The standard InChI is InChI=1S/C18H12N2O4/c21-17(23-15-5-1-3-11-19-15)13-7-9-14(10-8-13)18(22)24-16-6-2-4-12-20-16/h1-12H. The lowest BCUT2D eigenvalue weighted by atomic mass is 10.1. The topological polar surface area (TPSA) is 78.4 Å². The van der Waals surface area contributed by atoms with Crippen LogP contribution in [0.1, 0.15) is 20.7 Å². The number of aromatic nitrogens is 2. The van der Waals surface area contributed by atoms with Crippen LogP contribution in [0.25, 0.3) is 0 Å². The summed E-state index contributed by atoms with van der Waals surface area (Å²) in [6.07, 6.45) is 3.05. The van der Waals surface area contributed by atoms with Gasteiger partial charge in [0.2, 0.25) is 11.8 Å². The molecule has 0 spiro atoms. The van der Waals surface area contributed by atoms with Crippen LogP contribution in [-0.2, 0) is 0 Å². The number of nitrogens with zero attached hydrogens (tertiary/aromatic N) is 2. The molecule has 0 aliphatic heterocycles. The number of benzene rings is 1. The molecule has 6 heteroatoms. The maximum atomic E-state index is 12.0. The molecular formula is C18H12N2O4. The first-order valence-corrected chi connectivity index (χ1v) is 7.09. The van der Waals surface area contributed by atoms with E-state index in [1.54, 1.807) is 36.4 Å². The highest BCUT2D eigenvalue weighted by molar-refractivity contribution is 5.94. The zero-order chi connectivity index (χ0) is 16.8. The van der Waals surface area contributed by atoms with E-state index in [4.69, 9.17) is 9.47 Å². The van der Waals surface area contributed by atoms with Gasteiger partial charge in [-0.15, -0.1) is 0 Å². The van der Waals surface area contributed by atoms with Crippen LogP contribution in [0.5, 0.6) is 11.8 Å². The van der Waals surface area contributed by atoms with Crippen molar-refractivity contribution in [1.29, 1.82) is 0 Å². The Morgan fingerprint density at radius 1 is 0.625 bits per heavy atom. The van der Waals surface area contributed by atoms with Crippen molar-refractivity contribution in [1.82, 2.24) is 9.97 Å². The maximum Gasteiger partial charge on any atom is 0.344 e. The molecule has 0 N–H and O–H groups in total. The lowest BCUT2D eigenvalue weighted by Gasteiger charge is -2.05. The Morgan fingerprint density at radius 3 is 1.38 bits per heavy atom. The van der Waals surface area contributed by atoms with Crippen molar-refractivity contribution in [2.75, 3.05) is 0 Å². The summed E-state index contributed by atoms with van der Waals surface area (Å²) < 4.78 is 10.2.